The highest BCUT2D eigenvalue weighted by molar-refractivity contribution is 7.92. The third kappa shape index (κ3) is 7.17. The topological polar surface area (TPSA) is 75.7 Å². The summed E-state index contributed by atoms with van der Waals surface area (Å²) in [4.78, 5) is 12.4. The first-order chi connectivity index (χ1) is 15.7. The Morgan fingerprint density at radius 1 is 0.939 bits per heavy atom. The largest absolute Gasteiger partial charge is 0.375 e. The maximum atomic E-state index is 12.5. The number of carbonyl (C=O) groups excluding carboxylic acids is 1. The standard InChI is InChI=1S/C26H30N2O4S/c1-20-9-14-25(21(2)17-20)28(33(3,30)31)18-22-10-12-24(13-11-22)26(29)27-15-16-32-19-23-7-5-4-6-8-23/h4-14,17H,15-16,18-19H2,1-3H3,(H,27,29). The number of nitrogens with zero attached hydrogens (tertiary/aromatic N) is 1. The van der Waals surface area contributed by atoms with Crippen molar-refractivity contribution in [3.05, 3.63) is 101 Å². The fraction of sp³-hybridized carbons (Fsp3) is 0.269. The van der Waals surface area contributed by atoms with Gasteiger partial charge >= 0.3 is 0 Å². The zero-order chi connectivity index (χ0) is 23.8. The van der Waals surface area contributed by atoms with Crippen LogP contribution in [0.2, 0.25) is 0 Å². The van der Waals surface area contributed by atoms with Gasteiger partial charge in [-0.3, -0.25) is 9.10 Å². The van der Waals surface area contributed by atoms with Crippen molar-refractivity contribution in [1.82, 2.24) is 5.32 Å². The molecule has 7 heteroatoms. The molecule has 3 aromatic rings. The summed E-state index contributed by atoms with van der Waals surface area (Å²) in [5.41, 5.74) is 5.02. The van der Waals surface area contributed by atoms with Crippen molar-refractivity contribution in [2.75, 3.05) is 23.7 Å². The van der Waals surface area contributed by atoms with E-state index in [1.807, 2.05) is 62.4 Å². The lowest BCUT2D eigenvalue weighted by molar-refractivity contribution is 0.0901. The van der Waals surface area contributed by atoms with Crippen molar-refractivity contribution in [1.29, 1.82) is 0 Å². The molecule has 0 saturated carbocycles. The lowest BCUT2D eigenvalue weighted by Crippen LogP contribution is -2.30. The van der Waals surface area contributed by atoms with E-state index < -0.39 is 10.0 Å². The van der Waals surface area contributed by atoms with Gasteiger partial charge in [-0.25, -0.2) is 8.42 Å². The molecule has 0 bridgehead atoms. The van der Waals surface area contributed by atoms with E-state index in [2.05, 4.69) is 5.32 Å². The van der Waals surface area contributed by atoms with E-state index in [9.17, 15) is 13.2 Å². The highest BCUT2D eigenvalue weighted by Crippen LogP contribution is 2.25. The lowest BCUT2D eigenvalue weighted by atomic mass is 10.1. The van der Waals surface area contributed by atoms with Gasteiger partial charge in [-0.05, 0) is 48.7 Å². The van der Waals surface area contributed by atoms with Gasteiger partial charge in [0.2, 0.25) is 10.0 Å². The van der Waals surface area contributed by atoms with Crippen LogP contribution in [0, 0.1) is 13.8 Å². The van der Waals surface area contributed by atoms with Crippen LogP contribution >= 0.6 is 0 Å². The normalized spacial score (nSPS) is 11.2. The van der Waals surface area contributed by atoms with Crippen LogP contribution in [0.1, 0.15) is 32.6 Å². The number of carbonyl (C=O) groups is 1. The number of nitrogens with one attached hydrogen (secondary N) is 1. The Kier molecular flexibility index (Phi) is 8.25. The number of rotatable bonds is 10. The zero-order valence-corrected chi connectivity index (χ0v) is 20.1. The smallest absolute Gasteiger partial charge is 0.251 e. The highest BCUT2D eigenvalue weighted by Gasteiger charge is 2.20. The molecule has 1 amide bonds. The van der Waals surface area contributed by atoms with Crippen LogP contribution in [0.4, 0.5) is 5.69 Å². The molecule has 6 nitrogen and oxygen atoms in total. The van der Waals surface area contributed by atoms with Gasteiger partial charge in [0.25, 0.3) is 5.91 Å². The van der Waals surface area contributed by atoms with Gasteiger partial charge in [-0.15, -0.1) is 0 Å². The Labute approximate surface area is 196 Å². The van der Waals surface area contributed by atoms with E-state index in [0.717, 1.165) is 22.3 Å². The molecule has 0 spiro atoms. The van der Waals surface area contributed by atoms with E-state index in [1.54, 1.807) is 24.3 Å². The fourth-order valence-electron chi connectivity index (χ4n) is 3.50. The molecule has 33 heavy (non-hydrogen) atoms. The van der Waals surface area contributed by atoms with Gasteiger partial charge in [-0.2, -0.15) is 0 Å². The number of hydrogen-bond acceptors (Lipinski definition) is 4. The summed E-state index contributed by atoms with van der Waals surface area (Å²) < 4.78 is 31.9. The minimum Gasteiger partial charge on any atom is -0.375 e. The first kappa shape index (κ1) is 24.5. The van der Waals surface area contributed by atoms with Crippen LogP contribution in [0.5, 0.6) is 0 Å². The number of anilines is 1. The molecular formula is C26H30N2O4S. The summed E-state index contributed by atoms with van der Waals surface area (Å²) in [6.45, 7) is 5.39. The molecule has 0 fully saturated rings. The number of sulfonamides is 1. The van der Waals surface area contributed by atoms with E-state index in [0.29, 0.717) is 31.0 Å². The summed E-state index contributed by atoms with van der Waals surface area (Å²) in [6, 6.07) is 22.5. The molecule has 0 unspecified atom stereocenters. The zero-order valence-electron chi connectivity index (χ0n) is 19.2. The molecule has 0 saturated heterocycles. The molecule has 1 N–H and O–H groups in total. The highest BCUT2D eigenvalue weighted by atomic mass is 32.2. The number of benzene rings is 3. The maximum Gasteiger partial charge on any atom is 0.251 e. The van der Waals surface area contributed by atoms with Crippen LogP contribution in [0.25, 0.3) is 0 Å². The number of ether oxygens (including phenoxy) is 1. The molecule has 0 radical (unpaired) electrons. The summed E-state index contributed by atoms with van der Waals surface area (Å²) in [7, 11) is -3.48. The first-order valence-corrected chi connectivity index (χ1v) is 12.6. The lowest BCUT2D eigenvalue weighted by Gasteiger charge is -2.24. The van der Waals surface area contributed by atoms with Crippen LogP contribution in [0.15, 0.2) is 72.8 Å². The third-order valence-corrected chi connectivity index (χ3v) is 6.33. The van der Waals surface area contributed by atoms with Gasteiger partial charge in [0, 0.05) is 12.1 Å². The second kappa shape index (κ2) is 11.1. The number of aryl methyl sites for hydroxylation is 2. The van der Waals surface area contributed by atoms with Gasteiger partial charge in [0.1, 0.15) is 0 Å². The second-order valence-corrected chi connectivity index (χ2v) is 9.96. The second-order valence-electron chi connectivity index (χ2n) is 8.05. The number of hydrogen-bond donors (Lipinski definition) is 1. The average Bonchev–Trinajstić information content (AvgIpc) is 2.78. The third-order valence-electron chi connectivity index (χ3n) is 5.21. The van der Waals surface area contributed by atoms with E-state index in [1.165, 1.54) is 10.6 Å². The van der Waals surface area contributed by atoms with Crippen molar-refractivity contribution < 1.29 is 17.9 Å². The molecule has 3 rings (SSSR count). The predicted molar refractivity (Wildman–Crippen MR) is 132 cm³/mol. The SMILES string of the molecule is Cc1ccc(N(Cc2ccc(C(=O)NCCOCc3ccccc3)cc2)S(C)(=O)=O)c(C)c1. The quantitative estimate of drug-likeness (QED) is 0.454. The molecule has 0 aliphatic carbocycles. The Morgan fingerprint density at radius 2 is 1.64 bits per heavy atom. The van der Waals surface area contributed by atoms with Gasteiger partial charge in [0.15, 0.2) is 0 Å². The van der Waals surface area contributed by atoms with E-state index >= 15 is 0 Å². The predicted octanol–water partition coefficient (Wildman–Crippen LogP) is 4.22. The Bertz CT molecular complexity index is 1180. The monoisotopic (exact) mass is 466 g/mol. The molecule has 0 aliphatic rings. The van der Waals surface area contributed by atoms with Crippen LogP contribution in [-0.2, 0) is 27.9 Å². The molecule has 0 aliphatic heterocycles. The first-order valence-electron chi connectivity index (χ1n) is 10.8. The maximum absolute atomic E-state index is 12.5. The molecule has 0 atom stereocenters. The Hall–Kier alpha value is -3.16. The summed E-state index contributed by atoms with van der Waals surface area (Å²) in [6.07, 6.45) is 1.20. The summed E-state index contributed by atoms with van der Waals surface area (Å²) >= 11 is 0. The average molecular weight is 467 g/mol. The summed E-state index contributed by atoms with van der Waals surface area (Å²) in [5, 5.41) is 2.84. The summed E-state index contributed by atoms with van der Waals surface area (Å²) in [5.74, 6) is -0.195. The Balaban J connectivity index is 1.56. The van der Waals surface area contributed by atoms with Gasteiger partial charge in [0.05, 0.1) is 31.7 Å². The van der Waals surface area contributed by atoms with Crippen molar-refractivity contribution in [2.45, 2.75) is 27.0 Å². The van der Waals surface area contributed by atoms with Gasteiger partial charge in [-0.1, -0.05) is 60.2 Å². The van der Waals surface area contributed by atoms with Crippen LogP contribution in [-0.4, -0.2) is 33.7 Å². The van der Waals surface area contributed by atoms with Crippen molar-refractivity contribution in [2.24, 2.45) is 0 Å². The van der Waals surface area contributed by atoms with Crippen LogP contribution in [0.3, 0.4) is 0 Å². The van der Waals surface area contributed by atoms with Crippen LogP contribution < -0.4 is 9.62 Å². The number of amides is 1. The fourth-order valence-corrected chi connectivity index (χ4v) is 4.44. The van der Waals surface area contributed by atoms with E-state index in [-0.39, 0.29) is 12.5 Å². The minimum absolute atomic E-state index is 0.192. The van der Waals surface area contributed by atoms with E-state index in [4.69, 9.17) is 4.74 Å². The molecule has 0 aromatic heterocycles. The molecule has 174 valence electrons. The van der Waals surface area contributed by atoms with Gasteiger partial charge < -0.3 is 10.1 Å². The molecular weight excluding hydrogens is 436 g/mol. The molecule has 3 aromatic carbocycles. The van der Waals surface area contributed by atoms with Crippen molar-refractivity contribution in [3.8, 4) is 0 Å². The Morgan fingerprint density at radius 3 is 2.27 bits per heavy atom. The minimum atomic E-state index is -3.48. The van der Waals surface area contributed by atoms with Crippen molar-refractivity contribution >= 4 is 21.6 Å². The van der Waals surface area contributed by atoms with Crippen molar-refractivity contribution in [3.63, 3.8) is 0 Å². The molecule has 0 heterocycles.